The van der Waals surface area contributed by atoms with Crippen LogP contribution in [-0.2, 0) is 22.1 Å². The van der Waals surface area contributed by atoms with E-state index in [1.165, 1.54) is 0 Å². The van der Waals surface area contributed by atoms with Gasteiger partial charge in [0.05, 0.1) is 5.41 Å². The van der Waals surface area contributed by atoms with Gasteiger partial charge in [0, 0.05) is 24.1 Å². The van der Waals surface area contributed by atoms with E-state index < -0.39 is 5.41 Å². The fourth-order valence-corrected chi connectivity index (χ4v) is 4.56. The van der Waals surface area contributed by atoms with Crippen molar-refractivity contribution in [2.75, 3.05) is 10.6 Å². The summed E-state index contributed by atoms with van der Waals surface area (Å²) in [7, 11) is 1.78. The Morgan fingerprint density at radius 1 is 1.30 bits per heavy atom. The molecule has 2 amide bonds. The lowest BCUT2D eigenvalue weighted by Gasteiger charge is -2.28. The molecule has 1 aromatic carbocycles. The number of nitrogens with zero attached hydrogens (tertiary/aromatic N) is 2. The number of nitrogens with one attached hydrogen (secondary N) is 2. The molecule has 1 saturated carbocycles. The highest BCUT2D eigenvalue weighted by Gasteiger charge is 2.43. The van der Waals surface area contributed by atoms with Gasteiger partial charge in [0.1, 0.15) is 5.82 Å². The van der Waals surface area contributed by atoms with Crippen molar-refractivity contribution in [1.29, 1.82) is 0 Å². The predicted molar refractivity (Wildman–Crippen MR) is 105 cm³/mol. The molecule has 0 bridgehead atoms. The molecule has 6 nitrogen and oxygen atoms in total. The normalized spacial score (nSPS) is 20.9. The third-order valence-corrected chi connectivity index (χ3v) is 6.10. The summed E-state index contributed by atoms with van der Waals surface area (Å²) in [6.07, 6.45) is 4.04. The van der Waals surface area contributed by atoms with Gasteiger partial charge in [-0.15, -0.1) is 0 Å². The molecule has 0 spiro atoms. The molecule has 2 N–H and O–H groups in total. The minimum absolute atomic E-state index is 0.00723. The summed E-state index contributed by atoms with van der Waals surface area (Å²) in [6.45, 7) is 1.99. The Labute approximate surface area is 163 Å². The van der Waals surface area contributed by atoms with Gasteiger partial charge in [0.15, 0.2) is 5.82 Å². The molecule has 1 aliphatic heterocycles. The number of benzene rings is 1. The molecular formula is C20H23ClN4O2. The van der Waals surface area contributed by atoms with Crippen LogP contribution in [0, 0.1) is 0 Å². The fraction of sp³-hybridized carbons (Fsp3) is 0.450. The Morgan fingerprint density at radius 2 is 1.96 bits per heavy atom. The minimum Gasteiger partial charge on any atom is -0.311 e. The van der Waals surface area contributed by atoms with E-state index in [1.54, 1.807) is 11.7 Å². The lowest BCUT2D eigenvalue weighted by atomic mass is 9.78. The van der Waals surface area contributed by atoms with Crippen molar-refractivity contribution in [2.24, 2.45) is 7.05 Å². The van der Waals surface area contributed by atoms with E-state index >= 15 is 0 Å². The van der Waals surface area contributed by atoms with Gasteiger partial charge >= 0.3 is 0 Å². The average Bonchev–Trinajstić information content (AvgIpc) is 3.22. The van der Waals surface area contributed by atoms with Crippen LogP contribution in [0.2, 0.25) is 5.02 Å². The van der Waals surface area contributed by atoms with Crippen molar-refractivity contribution in [2.45, 2.75) is 50.4 Å². The summed E-state index contributed by atoms with van der Waals surface area (Å²) in [5.74, 6) is 1.16. The van der Waals surface area contributed by atoms with Gasteiger partial charge < -0.3 is 10.6 Å². The lowest BCUT2D eigenvalue weighted by molar-refractivity contribution is -0.121. The summed E-state index contributed by atoms with van der Waals surface area (Å²) in [5.41, 5.74) is 1.33. The molecule has 0 saturated heterocycles. The molecular weight excluding hydrogens is 364 g/mol. The number of amides is 2. The zero-order chi connectivity index (χ0) is 19.2. The van der Waals surface area contributed by atoms with E-state index in [9.17, 15) is 9.59 Å². The number of fused-ring (bicyclic) bond motifs is 1. The number of aryl methyl sites for hydroxylation is 1. The molecule has 7 heteroatoms. The third kappa shape index (κ3) is 3.02. The number of aromatic nitrogens is 2. The second-order valence-corrected chi connectivity index (χ2v) is 8.07. The first kappa shape index (κ1) is 18.0. The standard InChI is InChI=1S/C20H23ClN4O2/c1-12-11-15(26)22-18-16(12)17(24-25(18)2)23-19(27)20(9-3-4-10-20)13-5-7-14(21)8-6-13/h5-8,12H,3-4,9-11H2,1-2H3,(H,22,26)(H,23,24,27)/t12-/m1/s1. The van der Waals surface area contributed by atoms with Crippen molar-refractivity contribution in [3.63, 3.8) is 0 Å². The fourth-order valence-electron chi connectivity index (χ4n) is 4.43. The van der Waals surface area contributed by atoms with Crippen molar-refractivity contribution >= 4 is 35.1 Å². The first-order valence-electron chi connectivity index (χ1n) is 9.35. The van der Waals surface area contributed by atoms with E-state index in [4.69, 9.17) is 11.6 Å². The molecule has 1 fully saturated rings. The van der Waals surface area contributed by atoms with Crippen LogP contribution < -0.4 is 10.6 Å². The molecule has 0 radical (unpaired) electrons. The first-order valence-corrected chi connectivity index (χ1v) is 9.73. The summed E-state index contributed by atoms with van der Waals surface area (Å²) >= 11 is 6.04. The smallest absolute Gasteiger partial charge is 0.236 e. The van der Waals surface area contributed by atoms with Crippen LogP contribution >= 0.6 is 11.6 Å². The molecule has 27 heavy (non-hydrogen) atoms. The molecule has 2 aliphatic rings. The Kier molecular flexibility index (Phi) is 4.46. The number of carbonyl (C=O) groups excluding carboxylic acids is 2. The van der Waals surface area contributed by atoms with E-state index in [0.29, 0.717) is 23.1 Å². The summed E-state index contributed by atoms with van der Waals surface area (Å²) in [5, 5.41) is 11.1. The van der Waals surface area contributed by atoms with Crippen LogP contribution in [0.15, 0.2) is 24.3 Å². The highest BCUT2D eigenvalue weighted by molar-refractivity contribution is 6.30. The molecule has 1 aliphatic carbocycles. The number of hydrogen-bond donors (Lipinski definition) is 2. The third-order valence-electron chi connectivity index (χ3n) is 5.85. The SMILES string of the molecule is C[C@@H]1CC(=O)Nc2c1c(NC(=O)C1(c3ccc(Cl)cc3)CCCC1)nn2C. The second kappa shape index (κ2) is 6.68. The predicted octanol–water partition coefficient (Wildman–Crippen LogP) is 3.97. The monoisotopic (exact) mass is 386 g/mol. The Bertz CT molecular complexity index is 897. The van der Waals surface area contributed by atoms with Crippen molar-refractivity contribution in [3.05, 3.63) is 40.4 Å². The van der Waals surface area contributed by atoms with Gasteiger partial charge in [-0.05, 0) is 36.5 Å². The van der Waals surface area contributed by atoms with Crippen molar-refractivity contribution in [1.82, 2.24) is 9.78 Å². The Balaban J connectivity index is 1.68. The van der Waals surface area contributed by atoms with E-state index in [2.05, 4.69) is 15.7 Å². The van der Waals surface area contributed by atoms with Crippen LogP contribution in [0.1, 0.15) is 56.1 Å². The molecule has 2 aromatic rings. The molecule has 4 rings (SSSR count). The molecule has 1 aromatic heterocycles. The average molecular weight is 387 g/mol. The van der Waals surface area contributed by atoms with Crippen molar-refractivity contribution in [3.8, 4) is 0 Å². The van der Waals surface area contributed by atoms with Gasteiger partial charge in [-0.25, -0.2) is 0 Å². The van der Waals surface area contributed by atoms with Crippen LogP contribution in [0.25, 0.3) is 0 Å². The number of rotatable bonds is 3. The van der Waals surface area contributed by atoms with Crippen LogP contribution in [0.3, 0.4) is 0 Å². The highest BCUT2D eigenvalue weighted by atomic mass is 35.5. The topological polar surface area (TPSA) is 76.0 Å². The molecule has 1 atom stereocenters. The van der Waals surface area contributed by atoms with Crippen LogP contribution in [0.4, 0.5) is 11.6 Å². The summed E-state index contributed by atoms with van der Waals surface area (Å²) in [6, 6.07) is 7.57. The zero-order valence-electron chi connectivity index (χ0n) is 15.5. The van der Waals surface area contributed by atoms with Gasteiger partial charge in [0.2, 0.25) is 11.8 Å². The number of carbonyl (C=O) groups is 2. The zero-order valence-corrected chi connectivity index (χ0v) is 16.3. The minimum atomic E-state index is -0.559. The quantitative estimate of drug-likeness (QED) is 0.837. The summed E-state index contributed by atoms with van der Waals surface area (Å²) in [4.78, 5) is 25.2. The largest absolute Gasteiger partial charge is 0.311 e. The Hall–Kier alpha value is -2.34. The first-order chi connectivity index (χ1) is 12.9. The molecule has 0 unspecified atom stereocenters. The van der Waals surface area contributed by atoms with E-state index in [0.717, 1.165) is 36.8 Å². The second-order valence-electron chi connectivity index (χ2n) is 7.64. The number of hydrogen-bond acceptors (Lipinski definition) is 3. The maximum absolute atomic E-state index is 13.4. The highest BCUT2D eigenvalue weighted by Crippen LogP contribution is 2.43. The molecule has 2 heterocycles. The maximum atomic E-state index is 13.4. The van der Waals surface area contributed by atoms with Gasteiger partial charge in [-0.1, -0.05) is 43.5 Å². The molecule has 142 valence electrons. The van der Waals surface area contributed by atoms with Gasteiger partial charge in [-0.2, -0.15) is 5.10 Å². The lowest BCUT2D eigenvalue weighted by Crippen LogP contribution is -2.38. The van der Waals surface area contributed by atoms with Crippen molar-refractivity contribution < 1.29 is 9.59 Å². The van der Waals surface area contributed by atoms with Crippen LogP contribution in [-0.4, -0.2) is 21.6 Å². The Morgan fingerprint density at radius 3 is 2.63 bits per heavy atom. The van der Waals surface area contributed by atoms with E-state index in [1.807, 2.05) is 31.2 Å². The maximum Gasteiger partial charge on any atom is 0.236 e. The van der Waals surface area contributed by atoms with Gasteiger partial charge in [0.25, 0.3) is 0 Å². The van der Waals surface area contributed by atoms with Gasteiger partial charge in [-0.3, -0.25) is 14.3 Å². The van der Waals surface area contributed by atoms with Crippen LogP contribution in [0.5, 0.6) is 0 Å². The number of anilines is 2. The number of halogens is 1. The summed E-state index contributed by atoms with van der Waals surface area (Å²) < 4.78 is 1.63. The van der Waals surface area contributed by atoms with E-state index in [-0.39, 0.29) is 17.7 Å².